The Morgan fingerprint density at radius 1 is 1.23 bits per heavy atom. The number of pyridine rings is 1. The molecule has 7 nitrogen and oxygen atoms in total. The molecule has 2 fully saturated rings. The first kappa shape index (κ1) is 16.5. The first-order valence-electron chi connectivity index (χ1n) is 8.90. The third kappa shape index (κ3) is 3.24. The van der Waals surface area contributed by atoms with Gasteiger partial charge in [0, 0.05) is 30.4 Å². The molecule has 1 aromatic heterocycles. The minimum atomic E-state index is -0.429. The number of nitrogens with zero attached hydrogens (tertiary/aromatic N) is 3. The second-order valence-electron chi connectivity index (χ2n) is 6.82. The molecule has 2 heterocycles. The topological polar surface area (TPSA) is 88.4 Å². The van der Waals surface area contributed by atoms with Crippen LogP contribution < -0.4 is 5.32 Å². The number of carbonyl (C=O) groups is 1. The van der Waals surface area contributed by atoms with E-state index in [0.717, 1.165) is 31.4 Å². The second-order valence-corrected chi connectivity index (χ2v) is 6.82. The third-order valence-electron chi connectivity index (χ3n) is 4.92. The van der Waals surface area contributed by atoms with E-state index in [-0.39, 0.29) is 17.6 Å². The van der Waals surface area contributed by atoms with Gasteiger partial charge in [-0.3, -0.25) is 19.9 Å². The van der Waals surface area contributed by atoms with Crippen molar-refractivity contribution < 1.29 is 9.72 Å². The number of rotatable bonds is 5. The normalized spacial score (nSPS) is 19.4. The van der Waals surface area contributed by atoms with E-state index in [9.17, 15) is 14.9 Å². The molecule has 0 unspecified atom stereocenters. The molecule has 1 amide bonds. The number of anilines is 1. The van der Waals surface area contributed by atoms with Gasteiger partial charge in [-0.2, -0.15) is 0 Å². The van der Waals surface area contributed by atoms with Gasteiger partial charge in [-0.15, -0.1) is 0 Å². The fourth-order valence-corrected chi connectivity index (χ4v) is 3.44. The van der Waals surface area contributed by atoms with Gasteiger partial charge in [0.25, 0.3) is 11.6 Å². The summed E-state index contributed by atoms with van der Waals surface area (Å²) in [5, 5.41) is 14.6. The summed E-state index contributed by atoms with van der Waals surface area (Å²) in [5.41, 5.74) is 1.65. The summed E-state index contributed by atoms with van der Waals surface area (Å²) in [6.45, 7) is 0.635. The Morgan fingerprint density at radius 2 is 2.08 bits per heavy atom. The molecule has 1 atom stereocenters. The molecule has 0 spiro atoms. The fourth-order valence-electron chi connectivity index (χ4n) is 3.44. The van der Waals surface area contributed by atoms with Crippen molar-refractivity contribution in [2.24, 2.45) is 0 Å². The monoisotopic (exact) mass is 352 g/mol. The summed E-state index contributed by atoms with van der Waals surface area (Å²) in [4.78, 5) is 30.2. The maximum absolute atomic E-state index is 13.0. The zero-order valence-corrected chi connectivity index (χ0v) is 14.3. The van der Waals surface area contributed by atoms with Gasteiger partial charge in [0.05, 0.1) is 16.7 Å². The van der Waals surface area contributed by atoms with Gasteiger partial charge in [-0.1, -0.05) is 6.07 Å². The van der Waals surface area contributed by atoms with Gasteiger partial charge >= 0.3 is 0 Å². The number of likely N-dealkylation sites (tertiary alicyclic amines) is 1. The van der Waals surface area contributed by atoms with Crippen molar-refractivity contribution in [3.05, 3.63) is 64.0 Å². The number of hydrogen-bond donors (Lipinski definition) is 1. The lowest BCUT2D eigenvalue weighted by Gasteiger charge is -2.24. The highest BCUT2D eigenvalue weighted by atomic mass is 16.6. The molecule has 1 saturated carbocycles. The van der Waals surface area contributed by atoms with Gasteiger partial charge in [0.1, 0.15) is 5.69 Å². The summed E-state index contributed by atoms with van der Waals surface area (Å²) in [6.07, 6.45) is 5.52. The van der Waals surface area contributed by atoms with E-state index in [4.69, 9.17) is 0 Å². The van der Waals surface area contributed by atoms with Crippen LogP contribution in [-0.4, -0.2) is 33.3 Å². The molecule has 4 rings (SSSR count). The molecular formula is C19H20N4O3. The highest BCUT2D eigenvalue weighted by Crippen LogP contribution is 2.35. The number of carbonyl (C=O) groups excluding carboxylic acids is 1. The SMILES string of the molecule is O=C(c1ccc(NC2CC2)c([N+](=O)[O-])c1)N1CCC[C@H]1c1ccccn1. The number of amides is 1. The first-order chi connectivity index (χ1) is 12.6. The second kappa shape index (κ2) is 6.74. The molecule has 1 saturated heterocycles. The van der Waals surface area contributed by atoms with Crippen molar-refractivity contribution in [2.75, 3.05) is 11.9 Å². The van der Waals surface area contributed by atoms with Crippen molar-refractivity contribution in [1.82, 2.24) is 9.88 Å². The molecule has 134 valence electrons. The maximum Gasteiger partial charge on any atom is 0.293 e. The van der Waals surface area contributed by atoms with Crippen LogP contribution in [0.5, 0.6) is 0 Å². The Balaban J connectivity index is 1.61. The third-order valence-corrected chi connectivity index (χ3v) is 4.92. The zero-order valence-electron chi connectivity index (χ0n) is 14.3. The van der Waals surface area contributed by atoms with Crippen LogP contribution in [-0.2, 0) is 0 Å². The van der Waals surface area contributed by atoms with Crippen LogP contribution in [0, 0.1) is 10.1 Å². The Bertz CT molecular complexity index is 836. The first-order valence-corrected chi connectivity index (χ1v) is 8.90. The Kier molecular flexibility index (Phi) is 4.28. The average Bonchev–Trinajstić information content (AvgIpc) is 3.34. The summed E-state index contributed by atoms with van der Waals surface area (Å²) >= 11 is 0. The number of benzene rings is 1. The number of nitrogens with one attached hydrogen (secondary N) is 1. The lowest BCUT2D eigenvalue weighted by molar-refractivity contribution is -0.384. The highest BCUT2D eigenvalue weighted by molar-refractivity contribution is 5.96. The van der Waals surface area contributed by atoms with Gasteiger partial charge in [-0.05, 0) is 49.9 Å². The van der Waals surface area contributed by atoms with Crippen LogP contribution in [0.25, 0.3) is 0 Å². The molecule has 0 radical (unpaired) electrons. The zero-order chi connectivity index (χ0) is 18.1. The van der Waals surface area contributed by atoms with Crippen molar-refractivity contribution >= 4 is 17.3 Å². The van der Waals surface area contributed by atoms with Crippen molar-refractivity contribution in [1.29, 1.82) is 0 Å². The predicted molar refractivity (Wildman–Crippen MR) is 97.0 cm³/mol. The molecular weight excluding hydrogens is 332 g/mol. The van der Waals surface area contributed by atoms with Crippen molar-refractivity contribution in [3.63, 3.8) is 0 Å². The van der Waals surface area contributed by atoms with E-state index in [1.807, 2.05) is 18.2 Å². The summed E-state index contributed by atoms with van der Waals surface area (Å²) in [5.74, 6) is -0.181. The minimum absolute atomic E-state index is 0.0451. The molecule has 0 bridgehead atoms. The Labute approximate surface area is 151 Å². The lowest BCUT2D eigenvalue weighted by atomic mass is 10.1. The number of hydrogen-bond acceptors (Lipinski definition) is 5. The molecule has 7 heteroatoms. The quantitative estimate of drug-likeness (QED) is 0.657. The predicted octanol–water partition coefficient (Wildman–Crippen LogP) is 3.54. The highest BCUT2D eigenvalue weighted by Gasteiger charge is 2.32. The molecule has 1 aromatic carbocycles. The summed E-state index contributed by atoms with van der Waals surface area (Å²) in [6, 6.07) is 10.6. The van der Waals surface area contributed by atoms with E-state index in [1.165, 1.54) is 6.07 Å². The van der Waals surface area contributed by atoms with E-state index in [1.54, 1.807) is 23.2 Å². The van der Waals surface area contributed by atoms with Crippen LogP contribution in [0.2, 0.25) is 0 Å². The number of aromatic nitrogens is 1. The Morgan fingerprint density at radius 3 is 2.77 bits per heavy atom. The number of nitro benzene ring substituents is 1. The molecule has 2 aromatic rings. The minimum Gasteiger partial charge on any atom is -0.377 e. The van der Waals surface area contributed by atoms with E-state index in [0.29, 0.717) is 23.8 Å². The van der Waals surface area contributed by atoms with Crippen LogP contribution in [0.3, 0.4) is 0 Å². The van der Waals surface area contributed by atoms with Gasteiger partial charge < -0.3 is 10.2 Å². The maximum atomic E-state index is 13.0. The number of nitro groups is 1. The molecule has 1 N–H and O–H groups in total. The molecule has 26 heavy (non-hydrogen) atoms. The Hall–Kier alpha value is -2.96. The molecule has 1 aliphatic carbocycles. The van der Waals surface area contributed by atoms with Gasteiger partial charge in [0.2, 0.25) is 0 Å². The largest absolute Gasteiger partial charge is 0.377 e. The van der Waals surface area contributed by atoms with Crippen molar-refractivity contribution in [2.45, 2.75) is 37.8 Å². The molecule has 2 aliphatic rings. The van der Waals surface area contributed by atoms with E-state index < -0.39 is 4.92 Å². The van der Waals surface area contributed by atoms with Crippen LogP contribution in [0.1, 0.15) is 47.8 Å². The smallest absolute Gasteiger partial charge is 0.293 e. The van der Waals surface area contributed by atoms with Gasteiger partial charge in [-0.25, -0.2) is 0 Å². The van der Waals surface area contributed by atoms with Crippen LogP contribution in [0.4, 0.5) is 11.4 Å². The van der Waals surface area contributed by atoms with Crippen LogP contribution >= 0.6 is 0 Å². The lowest BCUT2D eigenvalue weighted by Crippen LogP contribution is -2.31. The standard InChI is InChI=1S/C19H20N4O3/c24-19(22-11-3-5-17(22)15-4-1-2-10-20-15)13-6-9-16(21-14-7-8-14)18(12-13)23(25)26/h1-2,4,6,9-10,12,14,17,21H,3,5,7-8,11H2/t17-/m0/s1. The summed E-state index contributed by atoms with van der Waals surface area (Å²) in [7, 11) is 0. The fraction of sp³-hybridized carbons (Fsp3) is 0.368. The van der Waals surface area contributed by atoms with Crippen LogP contribution in [0.15, 0.2) is 42.6 Å². The van der Waals surface area contributed by atoms with Gasteiger partial charge in [0.15, 0.2) is 0 Å². The van der Waals surface area contributed by atoms with Crippen molar-refractivity contribution in [3.8, 4) is 0 Å². The van der Waals surface area contributed by atoms with E-state index >= 15 is 0 Å². The molecule has 1 aliphatic heterocycles. The average molecular weight is 352 g/mol. The van der Waals surface area contributed by atoms with E-state index in [2.05, 4.69) is 10.3 Å². The summed E-state index contributed by atoms with van der Waals surface area (Å²) < 4.78 is 0.